The van der Waals surface area contributed by atoms with Crippen LogP contribution in [0.1, 0.15) is 45.2 Å². The molecule has 3 unspecified atom stereocenters. The third kappa shape index (κ3) is 6.10. The Labute approximate surface area is 152 Å². The third-order valence-corrected chi connectivity index (χ3v) is 4.95. The Balaban J connectivity index is 1.88. The number of β-amino-alcohol motifs (C(OH)–C–C–N with tert-alkyl or cyclic N) is 1. The van der Waals surface area contributed by atoms with Gasteiger partial charge in [0.15, 0.2) is 0 Å². The lowest BCUT2D eigenvalue weighted by Crippen LogP contribution is -2.54. The van der Waals surface area contributed by atoms with E-state index in [0.29, 0.717) is 6.54 Å². The van der Waals surface area contributed by atoms with Crippen LogP contribution in [0.25, 0.3) is 0 Å². The smallest absolute Gasteiger partial charge is 0.237 e. The average Bonchev–Trinajstić information content (AvgIpc) is 2.61. The molecule has 0 aliphatic carbocycles. The standard InChI is InChI=1S/C20H33N3O2/c1-4-8-19(18-9-6-5-7-10-18)21-20(25)17(3)23-13-11-22(12-14-23)15-16(2)24/h5-7,9-10,16-17,19,24H,4,8,11-15H2,1-3H3,(H,21,25). The van der Waals surface area contributed by atoms with Crippen LogP contribution in [0.5, 0.6) is 0 Å². The van der Waals surface area contributed by atoms with Gasteiger partial charge >= 0.3 is 0 Å². The van der Waals surface area contributed by atoms with Crippen molar-refractivity contribution in [2.45, 2.75) is 51.8 Å². The lowest BCUT2D eigenvalue weighted by atomic mass is 10.0. The highest BCUT2D eigenvalue weighted by molar-refractivity contribution is 5.81. The maximum Gasteiger partial charge on any atom is 0.237 e. The van der Waals surface area contributed by atoms with Crippen LogP contribution >= 0.6 is 0 Å². The molecule has 2 rings (SSSR count). The Morgan fingerprint density at radius 3 is 2.36 bits per heavy atom. The number of carbonyl (C=O) groups is 1. The molecule has 1 amide bonds. The minimum atomic E-state index is -0.298. The van der Waals surface area contributed by atoms with E-state index in [-0.39, 0.29) is 24.1 Å². The molecule has 1 saturated heterocycles. The molecule has 0 spiro atoms. The molecule has 0 bridgehead atoms. The van der Waals surface area contributed by atoms with E-state index >= 15 is 0 Å². The van der Waals surface area contributed by atoms with E-state index in [1.54, 1.807) is 0 Å². The number of hydrogen-bond acceptors (Lipinski definition) is 4. The molecule has 1 fully saturated rings. The van der Waals surface area contributed by atoms with Gasteiger partial charge in [-0.15, -0.1) is 0 Å². The number of nitrogens with one attached hydrogen (secondary N) is 1. The Bertz CT molecular complexity index is 513. The van der Waals surface area contributed by atoms with Crippen LogP contribution in [0, 0.1) is 0 Å². The normalized spacial score (nSPS) is 20.0. The number of amides is 1. The van der Waals surface area contributed by atoms with Gasteiger partial charge in [-0.05, 0) is 25.8 Å². The summed E-state index contributed by atoms with van der Waals surface area (Å²) in [5.41, 5.74) is 1.17. The van der Waals surface area contributed by atoms with Gasteiger partial charge in [0.05, 0.1) is 18.2 Å². The minimum absolute atomic E-state index is 0.0812. The minimum Gasteiger partial charge on any atom is -0.392 e. The summed E-state index contributed by atoms with van der Waals surface area (Å²) in [5.74, 6) is 0.103. The van der Waals surface area contributed by atoms with Gasteiger partial charge < -0.3 is 10.4 Å². The molecule has 2 N–H and O–H groups in total. The van der Waals surface area contributed by atoms with E-state index in [1.165, 1.54) is 5.56 Å². The summed E-state index contributed by atoms with van der Waals surface area (Å²) in [5, 5.41) is 12.7. The highest BCUT2D eigenvalue weighted by Gasteiger charge is 2.27. The Morgan fingerprint density at radius 1 is 1.16 bits per heavy atom. The van der Waals surface area contributed by atoms with E-state index < -0.39 is 0 Å². The SMILES string of the molecule is CCCC(NC(=O)C(C)N1CCN(CC(C)O)CC1)c1ccccc1. The van der Waals surface area contributed by atoms with Crippen LogP contribution < -0.4 is 5.32 Å². The molecule has 25 heavy (non-hydrogen) atoms. The fourth-order valence-corrected chi connectivity index (χ4v) is 3.46. The van der Waals surface area contributed by atoms with Crippen LogP contribution in [-0.4, -0.2) is 65.7 Å². The molecular weight excluding hydrogens is 314 g/mol. The highest BCUT2D eigenvalue weighted by Crippen LogP contribution is 2.19. The van der Waals surface area contributed by atoms with Crippen molar-refractivity contribution in [1.29, 1.82) is 0 Å². The molecule has 3 atom stereocenters. The van der Waals surface area contributed by atoms with Crippen molar-refractivity contribution < 1.29 is 9.90 Å². The number of piperazine rings is 1. The second kappa shape index (κ2) is 9.90. The van der Waals surface area contributed by atoms with Crippen LogP contribution in [0.15, 0.2) is 30.3 Å². The number of benzene rings is 1. The predicted molar refractivity (Wildman–Crippen MR) is 101 cm³/mol. The average molecular weight is 348 g/mol. The molecular formula is C20H33N3O2. The first-order valence-corrected chi connectivity index (χ1v) is 9.51. The molecule has 1 aromatic rings. The van der Waals surface area contributed by atoms with Crippen molar-refractivity contribution in [2.24, 2.45) is 0 Å². The van der Waals surface area contributed by atoms with Crippen molar-refractivity contribution in [3.05, 3.63) is 35.9 Å². The summed E-state index contributed by atoms with van der Waals surface area (Å²) < 4.78 is 0. The third-order valence-electron chi connectivity index (χ3n) is 4.95. The molecule has 0 saturated carbocycles. The largest absolute Gasteiger partial charge is 0.392 e. The van der Waals surface area contributed by atoms with E-state index in [9.17, 15) is 9.90 Å². The van der Waals surface area contributed by atoms with E-state index in [1.807, 2.05) is 32.0 Å². The van der Waals surface area contributed by atoms with Crippen molar-refractivity contribution in [1.82, 2.24) is 15.1 Å². The number of aliphatic hydroxyl groups excluding tert-OH is 1. The van der Waals surface area contributed by atoms with Crippen LogP contribution in [-0.2, 0) is 4.79 Å². The number of hydrogen-bond donors (Lipinski definition) is 2. The van der Waals surface area contributed by atoms with Crippen LogP contribution in [0.2, 0.25) is 0 Å². The monoisotopic (exact) mass is 347 g/mol. The topological polar surface area (TPSA) is 55.8 Å². The molecule has 0 aromatic heterocycles. The van der Waals surface area contributed by atoms with Gasteiger partial charge in [0.1, 0.15) is 0 Å². The van der Waals surface area contributed by atoms with Gasteiger partial charge in [-0.3, -0.25) is 14.6 Å². The zero-order valence-electron chi connectivity index (χ0n) is 15.8. The summed E-state index contributed by atoms with van der Waals surface area (Å²) in [7, 11) is 0. The zero-order chi connectivity index (χ0) is 18.2. The quantitative estimate of drug-likeness (QED) is 0.755. The highest BCUT2D eigenvalue weighted by atomic mass is 16.3. The summed E-state index contributed by atoms with van der Waals surface area (Å²) >= 11 is 0. The Morgan fingerprint density at radius 2 is 1.80 bits per heavy atom. The second-order valence-electron chi connectivity index (χ2n) is 7.12. The van der Waals surface area contributed by atoms with Gasteiger partial charge in [0.25, 0.3) is 0 Å². The first kappa shape index (κ1) is 19.9. The fraction of sp³-hybridized carbons (Fsp3) is 0.650. The molecule has 140 valence electrons. The molecule has 1 aromatic carbocycles. The number of aliphatic hydroxyl groups is 1. The predicted octanol–water partition coefficient (Wildman–Crippen LogP) is 2.03. The number of nitrogens with zero attached hydrogens (tertiary/aromatic N) is 2. The fourth-order valence-electron chi connectivity index (χ4n) is 3.46. The maximum atomic E-state index is 12.8. The van der Waals surface area contributed by atoms with E-state index in [2.05, 4.69) is 34.2 Å². The van der Waals surface area contributed by atoms with Crippen molar-refractivity contribution in [3.8, 4) is 0 Å². The zero-order valence-corrected chi connectivity index (χ0v) is 15.8. The summed E-state index contributed by atoms with van der Waals surface area (Å²) in [6.07, 6.45) is 1.68. The molecule has 5 nitrogen and oxygen atoms in total. The molecule has 1 heterocycles. The van der Waals surface area contributed by atoms with E-state index in [4.69, 9.17) is 0 Å². The lowest BCUT2D eigenvalue weighted by molar-refractivity contribution is -0.127. The molecule has 0 radical (unpaired) electrons. The Kier molecular flexibility index (Phi) is 7.88. The summed E-state index contributed by atoms with van der Waals surface area (Å²) in [6, 6.07) is 10.2. The number of carbonyl (C=O) groups excluding carboxylic acids is 1. The number of rotatable bonds is 8. The second-order valence-corrected chi connectivity index (χ2v) is 7.12. The Hall–Kier alpha value is -1.43. The van der Waals surface area contributed by atoms with Gasteiger partial charge in [0.2, 0.25) is 5.91 Å². The lowest BCUT2D eigenvalue weighted by Gasteiger charge is -2.38. The van der Waals surface area contributed by atoms with Gasteiger partial charge in [-0.1, -0.05) is 43.7 Å². The van der Waals surface area contributed by atoms with Crippen molar-refractivity contribution >= 4 is 5.91 Å². The first-order chi connectivity index (χ1) is 12.0. The maximum absolute atomic E-state index is 12.8. The van der Waals surface area contributed by atoms with Crippen molar-refractivity contribution in [2.75, 3.05) is 32.7 Å². The molecule has 5 heteroatoms. The molecule has 1 aliphatic heterocycles. The van der Waals surface area contributed by atoms with Crippen molar-refractivity contribution in [3.63, 3.8) is 0 Å². The summed E-state index contributed by atoms with van der Waals surface area (Å²) in [6.45, 7) is 10.2. The summed E-state index contributed by atoms with van der Waals surface area (Å²) in [4.78, 5) is 17.3. The van der Waals surface area contributed by atoms with Gasteiger partial charge in [-0.25, -0.2) is 0 Å². The van der Waals surface area contributed by atoms with E-state index in [0.717, 1.165) is 39.0 Å². The van der Waals surface area contributed by atoms with Crippen LogP contribution in [0.3, 0.4) is 0 Å². The van der Waals surface area contributed by atoms with Crippen LogP contribution in [0.4, 0.5) is 0 Å². The first-order valence-electron chi connectivity index (χ1n) is 9.51. The molecule has 1 aliphatic rings. The van der Waals surface area contributed by atoms with Gasteiger partial charge in [0, 0.05) is 32.7 Å². The van der Waals surface area contributed by atoms with Gasteiger partial charge in [-0.2, -0.15) is 0 Å².